The Bertz CT molecular complexity index is 1620. The first-order valence-corrected chi connectivity index (χ1v) is 11.4. The van der Waals surface area contributed by atoms with Crippen LogP contribution in [0.25, 0.3) is 49.4 Å². The van der Waals surface area contributed by atoms with Gasteiger partial charge in [-0.15, -0.1) is 0 Å². The van der Waals surface area contributed by atoms with E-state index in [0.29, 0.717) is 0 Å². The van der Waals surface area contributed by atoms with Crippen molar-refractivity contribution in [3.8, 4) is 16.8 Å². The number of aromatic nitrogens is 1. The fourth-order valence-corrected chi connectivity index (χ4v) is 5.15. The predicted molar refractivity (Wildman–Crippen MR) is 138 cm³/mol. The summed E-state index contributed by atoms with van der Waals surface area (Å²) in [5.74, 6) is 0. The van der Waals surface area contributed by atoms with E-state index in [2.05, 4.69) is 122 Å². The molecule has 0 saturated carbocycles. The Morgan fingerprint density at radius 1 is 0.625 bits per heavy atom. The molecule has 0 spiro atoms. The minimum absolute atomic E-state index is 1.03. The summed E-state index contributed by atoms with van der Waals surface area (Å²) in [4.78, 5) is 0. The Labute approximate surface area is 188 Å². The van der Waals surface area contributed by atoms with Crippen LogP contribution in [-0.4, -0.2) is 4.57 Å². The Balaban J connectivity index is 1.70. The van der Waals surface area contributed by atoms with Crippen molar-refractivity contribution in [1.82, 2.24) is 4.57 Å². The quantitative estimate of drug-likeness (QED) is 0.275. The maximum atomic E-state index is 2.43. The fourth-order valence-electron chi connectivity index (χ4n) is 5.15. The highest BCUT2D eigenvalue weighted by molar-refractivity contribution is 6.21. The Morgan fingerprint density at radius 2 is 1.38 bits per heavy atom. The molecule has 0 aliphatic rings. The van der Waals surface area contributed by atoms with Crippen LogP contribution < -0.4 is 0 Å². The van der Waals surface area contributed by atoms with Gasteiger partial charge in [0.1, 0.15) is 0 Å². The van der Waals surface area contributed by atoms with Gasteiger partial charge in [0.15, 0.2) is 0 Å². The topological polar surface area (TPSA) is 4.93 Å². The molecule has 0 atom stereocenters. The summed E-state index contributed by atoms with van der Waals surface area (Å²) in [6.07, 6.45) is 1.03. The van der Waals surface area contributed by atoms with Crippen molar-refractivity contribution in [2.75, 3.05) is 0 Å². The average molecular weight is 412 g/mol. The maximum Gasteiger partial charge on any atom is 0.0547 e. The van der Waals surface area contributed by atoms with E-state index in [1.54, 1.807) is 0 Å². The van der Waals surface area contributed by atoms with Crippen molar-refractivity contribution in [3.05, 3.63) is 114 Å². The first-order chi connectivity index (χ1) is 15.8. The third kappa shape index (κ3) is 2.78. The number of rotatable bonds is 3. The zero-order valence-corrected chi connectivity index (χ0v) is 18.5. The van der Waals surface area contributed by atoms with E-state index in [1.165, 1.54) is 60.5 Å². The summed E-state index contributed by atoms with van der Waals surface area (Å²) < 4.78 is 2.43. The molecule has 32 heavy (non-hydrogen) atoms. The van der Waals surface area contributed by atoms with Crippen LogP contribution in [0.2, 0.25) is 0 Å². The summed E-state index contributed by atoms with van der Waals surface area (Å²) in [5, 5.41) is 5.22. The zero-order valence-electron chi connectivity index (χ0n) is 18.5. The molecule has 6 aromatic rings. The smallest absolute Gasteiger partial charge is 0.0547 e. The number of aryl methyl sites for hydroxylation is 2. The van der Waals surface area contributed by atoms with E-state index in [-0.39, 0.29) is 0 Å². The highest BCUT2D eigenvalue weighted by Crippen LogP contribution is 2.38. The molecule has 0 unspecified atom stereocenters. The largest absolute Gasteiger partial charge is 0.309 e. The van der Waals surface area contributed by atoms with Crippen molar-refractivity contribution in [3.63, 3.8) is 0 Å². The van der Waals surface area contributed by atoms with Crippen LogP contribution in [0.4, 0.5) is 0 Å². The van der Waals surface area contributed by atoms with Gasteiger partial charge < -0.3 is 4.57 Å². The van der Waals surface area contributed by atoms with E-state index < -0.39 is 0 Å². The maximum absolute atomic E-state index is 2.43. The summed E-state index contributed by atoms with van der Waals surface area (Å²) in [5.41, 5.74) is 9.05. The van der Waals surface area contributed by atoms with Crippen LogP contribution in [0.5, 0.6) is 0 Å². The fraction of sp³-hybridized carbons (Fsp3) is 0.0968. The zero-order chi connectivity index (χ0) is 21.7. The minimum atomic E-state index is 1.03. The minimum Gasteiger partial charge on any atom is -0.309 e. The highest BCUT2D eigenvalue weighted by Gasteiger charge is 2.16. The van der Waals surface area contributed by atoms with Gasteiger partial charge in [0.25, 0.3) is 0 Å². The number of nitrogens with zero attached hydrogens (tertiary/aromatic N) is 1. The molecule has 1 heteroatoms. The van der Waals surface area contributed by atoms with Crippen LogP contribution >= 0.6 is 0 Å². The number of fused-ring (bicyclic) bond motifs is 5. The van der Waals surface area contributed by atoms with Crippen molar-refractivity contribution < 1.29 is 0 Å². The summed E-state index contributed by atoms with van der Waals surface area (Å²) in [6, 6.07) is 37.7. The van der Waals surface area contributed by atoms with Gasteiger partial charge in [-0.1, -0.05) is 85.8 Å². The Kier molecular flexibility index (Phi) is 4.36. The van der Waals surface area contributed by atoms with Gasteiger partial charge in [-0.05, 0) is 70.6 Å². The third-order valence-corrected chi connectivity index (χ3v) is 6.73. The normalized spacial score (nSPS) is 11.6. The first kappa shape index (κ1) is 18.9. The molecule has 0 N–H and O–H groups in total. The molecule has 154 valence electrons. The van der Waals surface area contributed by atoms with Crippen LogP contribution in [0, 0.1) is 6.92 Å². The number of hydrogen-bond acceptors (Lipinski definition) is 0. The molecule has 1 heterocycles. The molecule has 0 amide bonds. The molecule has 1 nitrogen and oxygen atoms in total. The van der Waals surface area contributed by atoms with Crippen LogP contribution in [0.15, 0.2) is 103 Å². The van der Waals surface area contributed by atoms with Gasteiger partial charge in [0.05, 0.1) is 11.0 Å². The van der Waals surface area contributed by atoms with E-state index >= 15 is 0 Å². The Morgan fingerprint density at radius 3 is 2.25 bits per heavy atom. The second kappa shape index (κ2) is 7.39. The lowest BCUT2D eigenvalue weighted by Crippen LogP contribution is -1.97. The van der Waals surface area contributed by atoms with Crippen molar-refractivity contribution >= 4 is 32.6 Å². The molecule has 0 aliphatic carbocycles. The lowest BCUT2D eigenvalue weighted by Gasteiger charge is -2.15. The van der Waals surface area contributed by atoms with Crippen molar-refractivity contribution in [2.45, 2.75) is 20.3 Å². The third-order valence-electron chi connectivity index (χ3n) is 6.73. The summed E-state index contributed by atoms with van der Waals surface area (Å²) in [7, 11) is 0. The molecule has 6 rings (SSSR count). The second-order valence-corrected chi connectivity index (χ2v) is 8.54. The van der Waals surface area contributed by atoms with Gasteiger partial charge in [-0.3, -0.25) is 0 Å². The van der Waals surface area contributed by atoms with Gasteiger partial charge >= 0.3 is 0 Å². The summed E-state index contributed by atoms with van der Waals surface area (Å²) >= 11 is 0. The molecular formula is C31H25N. The molecule has 0 aliphatic heterocycles. The van der Waals surface area contributed by atoms with Crippen molar-refractivity contribution in [1.29, 1.82) is 0 Å². The van der Waals surface area contributed by atoms with Gasteiger partial charge in [-0.25, -0.2) is 0 Å². The first-order valence-electron chi connectivity index (χ1n) is 11.4. The van der Waals surface area contributed by atoms with Gasteiger partial charge in [0.2, 0.25) is 0 Å². The SMILES string of the molecule is CCc1ccccc1-c1cc(-n2c3ccccc3c3c4ccccc4ccc32)ccc1C. The lowest BCUT2D eigenvalue weighted by molar-refractivity contribution is 1.14. The van der Waals surface area contributed by atoms with E-state index in [4.69, 9.17) is 0 Å². The standard InChI is InChI=1S/C31H25N/c1-3-22-10-4-6-12-25(22)28-20-24(18-16-21(28)2)32-29-15-9-8-14-27(29)31-26-13-7-5-11-23(26)17-19-30(31)32/h4-20H,3H2,1-2H3. The van der Waals surface area contributed by atoms with E-state index in [0.717, 1.165) is 6.42 Å². The van der Waals surface area contributed by atoms with E-state index in [9.17, 15) is 0 Å². The van der Waals surface area contributed by atoms with Crippen LogP contribution in [0.3, 0.4) is 0 Å². The summed E-state index contributed by atoms with van der Waals surface area (Å²) in [6.45, 7) is 4.45. The van der Waals surface area contributed by atoms with Crippen molar-refractivity contribution in [2.24, 2.45) is 0 Å². The lowest BCUT2D eigenvalue weighted by atomic mass is 9.94. The molecular weight excluding hydrogens is 386 g/mol. The monoisotopic (exact) mass is 411 g/mol. The molecule has 0 saturated heterocycles. The number of para-hydroxylation sites is 1. The molecule has 0 fully saturated rings. The number of hydrogen-bond donors (Lipinski definition) is 0. The Hall–Kier alpha value is -3.84. The van der Waals surface area contributed by atoms with Gasteiger partial charge in [0, 0.05) is 16.5 Å². The predicted octanol–water partition coefficient (Wildman–Crippen LogP) is 8.47. The van der Waals surface area contributed by atoms with Gasteiger partial charge in [-0.2, -0.15) is 0 Å². The second-order valence-electron chi connectivity index (χ2n) is 8.54. The molecule has 0 bridgehead atoms. The van der Waals surface area contributed by atoms with Crippen LogP contribution in [-0.2, 0) is 6.42 Å². The average Bonchev–Trinajstić information content (AvgIpc) is 3.19. The molecule has 5 aromatic carbocycles. The van der Waals surface area contributed by atoms with E-state index in [1.807, 2.05) is 0 Å². The number of benzene rings is 5. The highest BCUT2D eigenvalue weighted by atomic mass is 15.0. The molecule has 0 radical (unpaired) electrons. The molecule has 1 aromatic heterocycles. The van der Waals surface area contributed by atoms with Crippen LogP contribution in [0.1, 0.15) is 18.1 Å².